The number of nitrogens with one attached hydrogen (secondary N) is 2. The molecule has 0 radical (unpaired) electrons. The number of benzene rings is 2. The molecule has 6 heteroatoms. The minimum absolute atomic E-state index is 0.0121. The number of hydrogen-bond acceptors (Lipinski definition) is 3. The number of halogens is 2. The van der Waals surface area contributed by atoms with Crippen LogP contribution in [0.25, 0.3) is 0 Å². The first kappa shape index (κ1) is 17.1. The molecule has 0 bridgehead atoms. The second kappa shape index (κ2) is 7.83. The Morgan fingerprint density at radius 2 is 1.78 bits per heavy atom. The van der Waals surface area contributed by atoms with Crippen molar-refractivity contribution in [1.82, 2.24) is 0 Å². The predicted octanol–water partition coefficient (Wildman–Crippen LogP) is 3.99. The van der Waals surface area contributed by atoms with Crippen molar-refractivity contribution in [3.63, 3.8) is 0 Å². The van der Waals surface area contributed by atoms with Crippen LogP contribution in [0.4, 0.5) is 21.5 Å². The van der Waals surface area contributed by atoms with Crippen LogP contribution in [0.5, 0.6) is 0 Å². The van der Waals surface area contributed by atoms with Gasteiger partial charge in [0.15, 0.2) is 0 Å². The van der Waals surface area contributed by atoms with E-state index in [0.29, 0.717) is 18.7 Å². The van der Waals surface area contributed by atoms with Crippen LogP contribution < -0.4 is 15.5 Å². The molecule has 0 spiro atoms. The number of hydrogen-bond donors (Lipinski definition) is 2. The molecule has 0 aliphatic rings. The van der Waals surface area contributed by atoms with E-state index in [1.807, 2.05) is 43.3 Å². The maximum atomic E-state index is 13.0. The molecule has 0 saturated heterocycles. The molecule has 0 heterocycles. The van der Waals surface area contributed by atoms with E-state index in [1.165, 1.54) is 18.2 Å². The topological polar surface area (TPSA) is 44.4 Å². The van der Waals surface area contributed by atoms with Gasteiger partial charge in [-0.25, -0.2) is 4.39 Å². The number of amides is 1. The number of carbonyl (C=O) groups is 1. The van der Waals surface area contributed by atoms with Gasteiger partial charge in [-0.15, -0.1) is 0 Å². The van der Waals surface area contributed by atoms with E-state index in [4.69, 9.17) is 11.6 Å². The van der Waals surface area contributed by atoms with Crippen molar-refractivity contribution in [2.75, 3.05) is 36.2 Å². The van der Waals surface area contributed by atoms with E-state index < -0.39 is 5.82 Å². The Morgan fingerprint density at radius 3 is 2.39 bits per heavy atom. The fourth-order valence-electron chi connectivity index (χ4n) is 2.00. The lowest BCUT2D eigenvalue weighted by Gasteiger charge is -2.13. The standard InChI is InChI=1S/C17H19ClFN3O/c1-22(2)14-6-3-12(4-7-14)20-10-9-17(23)21-13-5-8-16(19)15(18)11-13/h3-8,11,20H,9-10H2,1-2H3,(H,21,23). The summed E-state index contributed by atoms with van der Waals surface area (Å²) in [6, 6.07) is 12.0. The van der Waals surface area contributed by atoms with Gasteiger partial charge in [-0.1, -0.05) is 11.6 Å². The lowest BCUT2D eigenvalue weighted by molar-refractivity contribution is -0.115. The molecular weight excluding hydrogens is 317 g/mol. The normalized spacial score (nSPS) is 10.3. The maximum Gasteiger partial charge on any atom is 0.226 e. The van der Waals surface area contributed by atoms with E-state index in [1.54, 1.807) is 0 Å². The van der Waals surface area contributed by atoms with Crippen LogP contribution in [0.2, 0.25) is 5.02 Å². The van der Waals surface area contributed by atoms with Crippen LogP contribution in [-0.4, -0.2) is 26.5 Å². The van der Waals surface area contributed by atoms with Gasteiger partial charge in [0.2, 0.25) is 5.91 Å². The van der Waals surface area contributed by atoms with Gasteiger partial charge in [-0.2, -0.15) is 0 Å². The molecule has 0 unspecified atom stereocenters. The molecule has 2 aromatic carbocycles. The molecule has 122 valence electrons. The molecule has 0 aliphatic carbocycles. The molecular formula is C17H19ClFN3O. The summed E-state index contributed by atoms with van der Waals surface area (Å²) in [5.41, 5.74) is 2.55. The summed E-state index contributed by atoms with van der Waals surface area (Å²) < 4.78 is 13.0. The third-order valence-electron chi connectivity index (χ3n) is 3.27. The average Bonchev–Trinajstić information content (AvgIpc) is 2.51. The van der Waals surface area contributed by atoms with Crippen LogP contribution in [0.15, 0.2) is 42.5 Å². The SMILES string of the molecule is CN(C)c1ccc(NCCC(=O)Nc2ccc(F)c(Cl)c2)cc1. The van der Waals surface area contributed by atoms with Gasteiger partial charge in [-0.05, 0) is 42.5 Å². The van der Waals surface area contributed by atoms with E-state index in [-0.39, 0.29) is 10.9 Å². The quantitative estimate of drug-likeness (QED) is 0.839. The highest BCUT2D eigenvalue weighted by atomic mass is 35.5. The third-order valence-corrected chi connectivity index (χ3v) is 3.56. The molecule has 1 amide bonds. The molecule has 0 atom stereocenters. The first-order valence-electron chi connectivity index (χ1n) is 7.22. The third kappa shape index (κ3) is 5.14. The lowest BCUT2D eigenvalue weighted by atomic mass is 10.2. The Hall–Kier alpha value is -2.27. The van der Waals surface area contributed by atoms with Crippen LogP contribution >= 0.6 is 11.6 Å². The van der Waals surface area contributed by atoms with Crippen LogP contribution in [0.3, 0.4) is 0 Å². The Labute approximate surface area is 140 Å². The van der Waals surface area contributed by atoms with Crippen molar-refractivity contribution in [3.05, 3.63) is 53.3 Å². The van der Waals surface area contributed by atoms with E-state index >= 15 is 0 Å². The van der Waals surface area contributed by atoms with Crippen LogP contribution in [0, 0.1) is 5.82 Å². The highest BCUT2D eigenvalue weighted by Crippen LogP contribution is 2.19. The molecule has 2 aromatic rings. The minimum Gasteiger partial charge on any atom is -0.385 e. The minimum atomic E-state index is -0.507. The molecule has 0 fully saturated rings. The largest absolute Gasteiger partial charge is 0.385 e. The smallest absolute Gasteiger partial charge is 0.226 e. The van der Waals surface area contributed by atoms with Gasteiger partial charge >= 0.3 is 0 Å². The first-order valence-corrected chi connectivity index (χ1v) is 7.59. The lowest BCUT2D eigenvalue weighted by Crippen LogP contribution is -2.16. The van der Waals surface area contributed by atoms with Gasteiger partial charge in [0.1, 0.15) is 5.82 Å². The summed E-state index contributed by atoms with van der Waals surface area (Å²) in [6.07, 6.45) is 0.296. The molecule has 0 aromatic heterocycles. The first-order chi connectivity index (χ1) is 11.0. The van der Waals surface area contributed by atoms with Crippen molar-refractivity contribution in [2.45, 2.75) is 6.42 Å². The van der Waals surface area contributed by atoms with Crippen molar-refractivity contribution in [1.29, 1.82) is 0 Å². The molecule has 4 nitrogen and oxygen atoms in total. The second-order valence-corrected chi connectivity index (χ2v) is 5.70. The highest BCUT2D eigenvalue weighted by molar-refractivity contribution is 6.31. The zero-order chi connectivity index (χ0) is 16.8. The summed E-state index contributed by atoms with van der Waals surface area (Å²) in [4.78, 5) is 13.9. The molecule has 2 N–H and O–H groups in total. The summed E-state index contributed by atoms with van der Waals surface area (Å²) >= 11 is 5.67. The fraction of sp³-hybridized carbons (Fsp3) is 0.235. The Kier molecular flexibility index (Phi) is 5.82. The van der Waals surface area contributed by atoms with Gasteiger partial charge in [0.05, 0.1) is 5.02 Å². The second-order valence-electron chi connectivity index (χ2n) is 5.30. The Balaban J connectivity index is 1.79. The summed E-state index contributed by atoms with van der Waals surface area (Å²) in [5, 5.41) is 5.85. The van der Waals surface area contributed by atoms with Gasteiger partial charge in [0, 0.05) is 44.1 Å². The van der Waals surface area contributed by atoms with E-state index in [9.17, 15) is 9.18 Å². The van der Waals surface area contributed by atoms with Crippen molar-refractivity contribution in [2.24, 2.45) is 0 Å². The van der Waals surface area contributed by atoms with Crippen LogP contribution in [0.1, 0.15) is 6.42 Å². The van der Waals surface area contributed by atoms with Crippen molar-refractivity contribution in [3.8, 4) is 0 Å². The average molecular weight is 336 g/mol. The Bertz CT molecular complexity index is 674. The van der Waals surface area contributed by atoms with Crippen molar-refractivity contribution < 1.29 is 9.18 Å². The van der Waals surface area contributed by atoms with Gasteiger partial charge < -0.3 is 15.5 Å². The fourth-order valence-corrected chi connectivity index (χ4v) is 2.18. The van der Waals surface area contributed by atoms with Gasteiger partial charge in [-0.3, -0.25) is 4.79 Å². The Morgan fingerprint density at radius 1 is 1.13 bits per heavy atom. The predicted molar refractivity (Wildman–Crippen MR) is 93.9 cm³/mol. The molecule has 23 heavy (non-hydrogen) atoms. The zero-order valence-corrected chi connectivity index (χ0v) is 13.8. The highest BCUT2D eigenvalue weighted by Gasteiger charge is 2.05. The molecule has 0 saturated carbocycles. The number of nitrogens with zero attached hydrogens (tertiary/aromatic N) is 1. The molecule has 0 aliphatic heterocycles. The zero-order valence-electron chi connectivity index (χ0n) is 13.1. The molecule has 2 rings (SSSR count). The number of carbonyl (C=O) groups excluding carboxylic acids is 1. The van der Waals surface area contributed by atoms with E-state index in [2.05, 4.69) is 10.6 Å². The van der Waals surface area contributed by atoms with E-state index in [0.717, 1.165) is 11.4 Å². The van der Waals surface area contributed by atoms with Gasteiger partial charge in [0.25, 0.3) is 0 Å². The summed E-state index contributed by atoms with van der Waals surface area (Å²) in [6.45, 7) is 0.502. The summed E-state index contributed by atoms with van der Waals surface area (Å²) in [7, 11) is 3.96. The number of rotatable bonds is 6. The van der Waals surface area contributed by atoms with Crippen LogP contribution in [-0.2, 0) is 4.79 Å². The monoisotopic (exact) mass is 335 g/mol. The summed E-state index contributed by atoms with van der Waals surface area (Å²) in [5.74, 6) is -0.669. The van der Waals surface area contributed by atoms with Crippen molar-refractivity contribution >= 4 is 34.6 Å². The maximum absolute atomic E-state index is 13.0. The number of anilines is 3.